The molecule has 0 unspecified atom stereocenters. The van der Waals surface area contributed by atoms with Crippen LogP contribution in [0.5, 0.6) is 5.75 Å². The summed E-state index contributed by atoms with van der Waals surface area (Å²) in [5.74, 6) is 0.884. The zero-order valence-corrected chi connectivity index (χ0v) is 15.8. The fourth-order valence-corrected chi connectivity index (χ4v) is 2.46. The van der Waals surface area contributed by atoms with Crippen molar-refractivity contribution in [2.75, 3.05) is 12.0 Å². The Kier molecular flexibility index (Phi) is 6.18. The highest BCUT2D eigenvalue weighted by molar-refractivity contribution is 5.80. The van der Waals surface area contributed by atoms with Gasteiger partial charge in [0, 0.05) is 5.56 Å². The van der Waals surface area contributed by atoms with Gasteiger partial charge in [-0.25, -0.2) is 10.4 Å². The molecule has 0 radical (unpaired) electrons. The molecule has 3 rings (SSSR count). The number of hydrogen-bond donors (Lipinski definition) is 2. The highest BCUT2D eigenvalue weighted by Gasteiger charge is 2.12. The van der Waals surface area contributed by atoms with E-state index >= 15 is 0 Å². The van der Waals surface area contributed by atoms with Crippen molar-refractivity contribution in [3.8, 4) is 23.1 Å². The maximum atomic E-state index is 12.2. The van der Waals surface area contributed by atoms with Crippen LogP contribution >= 0.6 is 0 Å². The number of hydrogen-bond acceptors (Lipinski definition) is 6. The first-order valence-electron chi connectivity index (χ1n) is 8.83. The fraction of sp³-hybridized carbons (Fsp3) is 0.0909. The number of ether oxygens (including phenoxy) is 1. The SMILES string of the molecule is C=C(C)COc1ccc(C=NNc2nc(-c3ccccc3)c(C#N)c(=O)[nH]2)cc1. The quantitative estimate of drug-likeness (QED) is 0.367. The first kappa shape index (κ1) is 19.6. The van der Waals surface area contributed by atoms with Crippen molar-refractivity contribution in [1.82, 2.24) is 9.97 Å². The maximum absolute atomic E-state index is 12.2. The average molecular weight is 385 g/mol. The number of anilines is 1. The van der Waals surface area contributed by atoms with E-state index < -0.39 is 5.56 Å². The van der Waals surface area contributed by atoms with Crippen molar-refractivity contribution in [3.05, 3.63) is 88.2 Å². The molecular weight excluding hydrogens is 366 g/mol. The second kappa shape index (κ2) is 9.15. The van der Waals surface area contributed by atoms with E-state index in [1.54, 1.807) is 18.3 Å². The maximum Gasteiger partial charge on any atom is 0.270 e. The predicted molar refractivity (Wildman–Crippen MR) is 113 cm³/mol. The van der Waals surface area contributed by atoms with E-state index in [1.165, 1.54) is 0 Å². The number of nitriles is 1. The van der Waals surface area contributed by atoms with Crippen LogP contribution < -0.4 is 15.7 Å². The molecule has 1 heterocycles. The van der Waals surface area contributed by atoms with Gasteiger partial charge in [0.15, 0.2) is 0 Å². The summed E-state index contributed by atoms with van der Waals surface area (Å²) in [5, 5.41) is 13.4. The fourth-order valence-electron chi connectivity index (χ4n) is 2.46. The van der Waals surface area contributed by atoms with E-state index in [9.17, 15) is 10.1 Å². The summed E-state index contributed by atoms with van der Waals surface area (Å²) < 4.78 is 5.55. The number of aromatic amines is 1. The second-order valence-electron chi connectivity index (χ2n) is 6.30. The van der Waals surface area contributed by atoms with E-state index in [0.29, 0.717) is 17.9 Å². The lowest BCUT2D eigenvalue weighted by molar-refractivity contribution is 0.352. The Morgan fingerprint density at radius 1 is 1.28 bits per heavy atom. The minimum atomic E-state index is -0.530. The molecule has 0 saturated heterocycles. The molecule has 144 valence electrons. The van der Waals surface area contributed by atoms with Crippen LogP contribution in [0.2, 0.25) is 0 Å². The van der Waals surface area contributed by atoms with E-state index in [-0.39, 0.29) is 11.5 Å². The first-order chi connectivity index (χ1) is 14.1. The van der Waals surface area contributed by atoms with Crippen LogP contribution in [0.4, 0.5) is 5.95 Å². The standard InChI is InChI=1S/C22H19N5O2/c1-15(2)14-29-18-10-8-16(9-11-18)13-24-27-22-25-20(17-6-4-3-5-7-17)19(12-23)21(28)26-22/h3-11,13H,1,14H2,2H3,(H2,25,26,27,28). The van der Waals surface area contributed by atoms with E-state index in [0.717, 1.165) is 16.9 Å². The summed E-state index contributed by atoms with van der Waals surface area (Å²) in [6.45, 7) is 6.17. The van der Waals surface area contributed by atoms with E-state index in [2.05, 4.69) is 27.1 Å². The lowest BCUT2D eigenvalue weighted by Gasteiger charge is -2.06. The molecule has 0 saturated carbocycles. The third kappa shape index (κ3) is 5.17. The summed E-state index contributed by atoms with van der Waals surface area (Å²) in [5.41, 5.74) is 4.88. The van der Waals surface area contributed by atoms with Gasteiger partial charge in [0.2, 0.25) is 5.95 Å². The van der Waals surface area contributed by atoms with Crippen LogP contribution in [0.15, 0.2) is 76.6 Å². The first-order valence-corrected chi connectivity index (χ1v) is 8.83. The molecule has 0 aliphatic carbocycles. The van der Waals surface area contributed by atoms with Crippen LogP contribution in [-0.4, -0.2) is 22.8 Å². The Labute approximate surface area is 168 Å². The van der Waals surface area contributed by atoms with Gasteiger partial charge in [-0.05, 0) is 42.3 Å². The van der Waals surface area contributed by atoms with Crippen LogP contribution in [-0.2, 0) is 0 Å². The summed E-state index contributed by atoms with van der Waals surface area (Å²) in [4.78, 5) is 19.1. The van der Waals surface area contributed by atoms with Gasteiger partial charge in [0.05, 0.1) is 11.9 Å². The number of rotatable bonds is 7. The second-order valence-corrected chi connectivity index (χ2v) is 6.30. The van der Waals surface area contributed by atoms with Gasteiger partial charge in [-0.2, -0.15) is 10.4 Å². The molecule has 7 heteroatoms. The highest BCUT2D eigenvalue weighted by Crippen LogP contribution is 2.19. The van der Waals surface area contributed by atoms with Crippen LogP contribution in [0.25, 0.3) is 11.3 Å². The summed E-state index contributed by atoms with van der Waals surface area (Å²) in [7, 11) is 0. The van der Waals surface area contributed by atoms with Crippen molar-refractivity contribution in [3.63, 3.8) is 0 Å². The third-order valence-corrected chi connectivity index (χ3v) is 3.83. The molecule has 0 fully saturated rings. The minimum absolute atomic E-state index is 0.0453. The Hall–Kier alpha value is -4.18. The largest absolute Gasteiger partial charge is 0.489 e. The van der Waals surface area contributed by atoms with Gasteiger partial charge in [0.1, 0.15) is 24.0 Å². The van der Waals surface area contributed by atoms with Gasteiger partial charge in [-0.3, -0.25) is 9.78 Å². The lowest BCUT2D eigenvalue weighted by atomic mass is 10.1. The Morgan fingerprint density at radius 2 is 2.00 bits per heavy atom. The summed E-state index contributed by atoms with van der Waals surface area (Å²) in [6, 6.07) is 18.3. The molecule has 0 aliphatic heterocycles. The van der Waals surface area contributed by atoms with Crippen molar-refractivity contribution >= 4 is 12.2 Å². The smallest absolute Gasteiger partial charge is 0.270 e. The zero-order chi connectivity index (χ0) is 20.6. The van der Waals surface area contributed by atoms with Gasteiger partial charge in [0.25, 0.3) is 5.56 Å². The van der Waals surface area contributed by atoms with Gasteiger partial charge in [-0.15, -0.1) is 0 Å². The number of aromatic nitrogens is 2. The molecule has 0 atom stereocenters. The van der Waals surface area contributed by atoms with Crippen molar-refractivity contribution < 1.29 is 4.74 Å². The molecule has 29 heavy (non-hydrogen) atoms. The van der Waals surface area contributed by atoms with Crippen LogP contribution in [0.1, 0.15) is 18.1 Å². The molecule has 2 N–H and O–H groups in total. The molecule has 3 aromatic rings. The monoisotopic (exact) mass is 385 g/mol. The molecular formula is C22H19N5O2. The van der Waals surface area contributed by atoms with E-state index in [1.807, 2.05) is 55.5 Å². The zero-order valence-electron chi connectivity index (χ0n) is 15.8. The van der Waals surface area contributed by atoms with Crippen molar-refractivity contribution in [2.45, 2.75) is 6.92 Å². The normalized spacial score (nSPS) is 10.5. The minimum Gasteiger partial charge on any atom is -0.489 e. The number of hydrazone groups is 1. The van der Waals surface area contributed by atoms with Crippen LogP contribution in [0.3, 0.4) is 0 Å². The third-order valence-electron chi connectivity index (χ3n) is 3.83. The molecule has 0 amide bonds. The topological polar surface area (TPSA) is 103 Å². The molecule has 1 aromatic heterocycles. The average Bonchev–Trinajstić information content (AvgIpc) is 2.73. The Morgan fingerprint density at radius 3 is 2.66 bits per heavy atom. The van der Waals surface area contributed by atoms with Gasteiger partial charge >= 0.3 is 0 Å². The number of nitrogens with zero attached hydrogens (tertiary/aromatic N) is 3. The van der Waals surface area contributed by atoms with Gasteiger partial charge in [-0.1, -0.05) is 36.9 Å². The molecule has 0 aliphatic rings. The van der Waals surface area contributed by atoms with Gasteiger partial charge < -0.3 is 4.74 Å². The Balaban J connectivity index is 1.75. The summed E-state index contributed by atoms with van der Waals surface area (Å²) >= 11 is 0. The molecule has 2 aromatic carbocycles. The summed E-state index contributed by atoms with van der Waals surface area (Å²) in [6.07, 6.45) is 1.59. The number of benzene rings is 2. The number of nitrogens with one attached hydrogen (secondary N) is 2. The van der Waals surface area contributed by atoms with Crippen LogP contribution in [0, 0.1) is 11.3 Å². The van der Waals surface area contributed by atoms with E-state index in [4.69, 9.17) is 4.74 Å². The molecule has 0 bridgehead atoms. The number of H-pyrrole nitrogens is 1. The predicted octanol–water partition coefficient (Wildman–Crippen LogP) is 3.71. The Bertz CT molecular complexity index is 1130. The highest BCUT2D eigenvalue weighted by atomic mass is 16.5. The molecule has 7 nitrogen and oxygen atoms in total. The molecule has 0 spiro atoms. The van der Waals surface area contributed by atoms with Crippen molar-refractivity contribution in [2.24, 2.45) is 5.10 Å². The van der Waals surface area contributed by atoms with Crippen molar-refractivity contribution in [1.29, 1.82) is 5.26 Å². The lowest BCUT2D eigenvalue weighted by Crippen LogP contribution is -2.16.